The summed E-state index contributed by atoms with van der Waals surface area (Å²) in [5, 5.41) is 2.94. The smallest absolute Gasteiger partial charge is 0.316 e. The van der Waals surface area contributed by atoms with Gasteiger partial charge in [0.25, 0.3) is 5.91 Å². The van der Waals surface area contributed by atoms with Crippen LogP contribution in [0.3, 0.4) is 0 Å². The van der Waals surface area contributed by atoms with Gasteiger partial charge in [-0.3, -0.25) is 14.4 Å². The largest absolute Gasteiger partial charge is 0.352 e. The molecule has 1 amide bonds. The number of aryl methyl sites for hydroxylation is 1. The van der Waals surface area contributed by atoms with Crippen LogP contribution in [0, 0.1) is 5.92 Å². The number of benzene rings is 1. The second kappa shape index (κ2) is 7.68. The number of amides is 1. The van der Waals surface area contributed by atoms with E-state index >= 15 is 0 Å². The van der Waals surface area contributed by atoms with Gasteiger partial charge in [-0.15, -0.1) is 0 Å². The van der Waals surface area contributed by atoms with E-state index in [0.717, 1.165) is 12.3 Å². The maximum absolute atomic E-state index is 12.3. The van der Waals surface area contributed by atoms with Crippen LogP contribution in [0.1, 0.15) is 55.8 Å². The molecule has 25 heavy (non-hydrogen) atoms. The third-order valence-corrected chi connectivity index (χ3v) is 5.10. The van der Waals surface area contributed by atoms with Crippen LogP contribution in [0.25, 0.3) is 11.0 Å². The second-order valence-corrected chi connectivity index (χ2v) is 6.78. The van der Waals surface area contributed by atoms with E-state index in [1.807, 2.05) is 6.92 Å². The standard InChI is InChI=1S/C19H25N3O3/c1-2-22-16-10-9-14(12-15(16)21-18(24)19(22)25)17(23)20-11-5-8-13-6-3-4-7-13/h9-10,12-13H,2-8,11H2,1H3,(H,20,23)(H,21,24). The first-order chi connectivity index (χ1) is 12.1. The van der Waals surface area contributed by atoms with Gasteiger partial charge in [-0.1, -0.05) is 25.7 Å². The quantitative estimate of drug-likeness (QED) is 0.624. The molecule has 6 nitrogen and oxygen atoms in total. The molecular formula is C19H25N3O3. The lowest BCUT2D eigenvalue weighted by molar-refractivity contribution is 0.0952. The Morgan fingerprint density at radius 2 is 2.04 bits per heavy atom. The zero-order valence-electron chi connectivity index (χ0n) is 14.6. The SMILES string of the molecule is CCn1c(=O)c(=O)[nH]c2cc(C(=O)NCCCC3CCCC3)ccc21. The van der Waals surface area contributed by atoms with E-state index in [4.69, 9.17) is 0 Å². The van der Waals surface area contributed by atoms with Crippen molar-refractivity contribution >= 4 is 16.9 Å². The lowest BCUT2D eigenvalue weighted by atomic mass is 10.0. The highest BCUT2D eigenvalue weighted by Gasteiger charge is 2.15. The molecule has 1 aromatic carbocycles. The van der Waals surface area contributed by atoms with Gasteiger partial charge in [0, 0.05) is 18.7 Å². The number of hydrogen-bond donors (Lipinski definition) is 2. The Morgan fingerprint density at radius 3 is 2.76 bits per heavy atom. The third kappa shape index (κ3) is 3.83. The van der Waals surface area contributed by atoms with Crippen molar-refractivity contribution in [2.24, 2.45) is 5.92 Å². The number of nitrogens with zero attached hydrogens (tertiary/aromatic N) is 1. The highest BCUT2D eigenvalue weighted by atomic mass is 16.2. The molecule has 0 unspecified atom stereocenters. The third-order valence-electron chi connectivity index (χ3n) is 5.10. The Hall–Kier alpha value is -2.37. The van der Waals surface area contributed by atoms with Crippen LogP contribution in [-0.2, 0) is 6.54 Å². The summed E-state index contributed by atoms with van der Waals surface area (Å²) in [7, 11) is 0. The zero-order chi connectivity index (χ0) is 17.8. The summed E-state index contributed by atoms with van der Waals surface area (Å²) >= 11 is 0. The Labute approximate surface area is 146 Å². The highest BCUT2D eigenvalue weighted by molar-refractivity contribution is 5.97. The monoisotopic (exact) mass is 343 g/mol. The molecule has 0 radical (unpaired) electrons. The number of aromatic nitrogens is 2. The van der Waals surface area contributed by atoms with Gasteiger partial charge < -0.3 is 14.9 Å². The number of carbonyl (C=O) groups excluding carboxylic acids is 1. The second-order valence-electron chi connectivity index (χ2n) is 6.78. The van der Waals surface area contributed by atoms with Gasteiger partial charge in [0.2, 0.25) is 0 Å². The highest BCUT2D eigenvalue weighted by Crippen LogP contribution is 2.28. The van der Waals surface area contributed by atoms with Crippen molar-refractivity contribution in [2.75, 3.05) is 6.54 Å². The van der Waals surface area contributed by atoms with E-state index in [1.165, 1.54) is 36.7 Å². The van der Waals surface area contributed by atoms with Gasteiger partial charge in [-0.25, -0.2) is 0 Å². The zero-order valence-corrected chi connectivity index (χ0v) is 14.6. The molecule has 0 bridgehead atoms. The molecule has 0 atom stereocenters. The van der Waals surface area contributed by atoms with Crippen LogP contribution >= 0.6 is 0 Å². The van der Waals surface area contributed by atoms with Crippen molar-refractivity contribution in [3.8, 4) is 0 Å². The molecule has 1 aromatic heterocycles. The fraction of sp³-hybridized carbons (Fsp3) is 0.526. The van der Waals surface area contributed by atoms with Gasteiger partial charge >= 0.3 is 11.1 Å². The van der Waals surface area contributed by atoms with Crippen LogP contribution < -0.4 is 16.4 Å². The maximum Gasteiger partial charge on any atom is 0.316 e. The fourth-order valence-electron chi connectivity index (χ4n) is 3.73. The van der Waals surface area contributed by atoms with Gasteiger partial charge in [-0.2, -0.15) is 0 Å². The van der Waals surface area contributed by atoms with Crippen LogP contribution in [0.4, 0.5) is 0 Å². The Morgan fingerprint density at radius 1 is 1.28 bits per heavy atom. The first-order valence-electron chi connectivity index (χ1n) is 9.15. The molecule has 0 spiro atoms. The average Bonchev–Trinajstić information content (AvgIpc) is 3.13. The molecule has 1 fully saturated rings. The molecular weight excluding hydrogens is 318 g/mol. The van der Waals surface area contributed by atoms with E-state index in [9.17, 15) is 14.4 Å². The number of carbonyl (C=O) groups is 1. The van der Waals surface area contributed by atoms with Crippen LogP contribution in [0.15, 0.2) is 27.8 Å². The molecule has 0 saturated heterocycles. The summed E-state index contributed by atoms with van der Waals surface area (Å²) < 4.78 is 1.41. The first-order valence-corrected chi connectivity index (χ1v) is 9.15. The van der Waals surface area contributed by atoms with Gasteiger partial charge in [0.15, 0.2) is 0 Å². The molecule has 6 heteroatoms. The van der Waals surface area contributed by atoms with Crippen molar-refractivity contribution in [1.29, 1.82) is 0 Å². The minimum atomic E-state index is -0.663. The van der Waals surface area contributed by atoms with Crippen molar-refractivity contribution in [3.63, 3.8) is 0 Å². The van der Waals surface area contributed by atoms with Gasteiger partial charge in [-0.05, 0) is 43.9 Å². The summed E-state index contributed by atoms with van der Waals surface area (Å²) in [6, 6.07) is 5.04. The lowest BCUT2D eigenvalue weighted by Gasteiger charge is -2.11. The van der Waals surface area contributed by atoms with Crippen LogP contribution in [0.5, 0.6) is 0 Å². The normalized spacial score (nSPS) is 14.9. The number of rotatable bonds is 6. The van der Waals surface area contributed by atoms with Gasteiger partial charge in [0.05, 0.1) is 11.0 Å². The average molecular weight is 343 g/mol. The summed E-state index contributed by atoms with van der Waals surface area (Å²) in [4.78, 5) is 38.5. The minimum Gasteiger partial charge on any atom is -0.352 e. The lowest BCUT2D eigenvalue weighted by Crippen LogP contribution is -2.36. The summed E-state index contributed by atoms with van der Waals surface area (Å²) in [5.74, 6) is 0.678. The Bertz CT molecular complexity index is 876. The molecule has 3 rings (SSSR count). The number of aromatic amines is 1. The maximum atomic E-state index is 12.3. The summed E-state index contributed by atoms with van der Waals surface area (Å²) in [5.41, 5.74) is 0.392. The Kier molecular flexibility index (Phi) is 5.36. The molecule has 1 aliphatic rings. The molecule has 1 heterocycles. The van der Waals surface area contributed by atoms with Crippen molar-refractivity contribution < 1.29 is 4.79 Å². The number of nitrogens with one attached hydrogen (secondary N) is 2. The van der Waals surface area contributed by atoms with Crippen LogP contribution in [-0.4, -0.2) is 22.0 Å². The van der Waals surface area contributed by atoms with Crippen molar-refractivity contribution in [2.45, 2.75) is 52.0 Å². The number of hydrogen-bond acceptors (Lipinski definition) is 3. The molecule has 2 aromatic rings. The van der Waals surface area contributed by atoms with E-state index in [-0.39, 0.29) is 5.91 Å². The number of fused-ring (bicyclic) bond motifs is 1. The molecule has 2 N–H and O–H groups in total. The first kappa shape index (κ1) is 17.5. The van der Waals surface area contributed by atoms with Crippen LogP contribution in [0.2, 0.25) is 0 Å². The topological polar surface area (TPSA) is 84.0 Å². The van der Waals surface area contributed by atoms with E-state index < -0.39 is 11.1 Å². The molecule has 0 aliphatic heterocycles. The van der Waals surface area contributed by atoms with E-state index in [1.54, 1.807) is 18.2 Å². The predicted octanol–water partition coefficient (Wildman–Crippen LogP) is 2.41. The van der Waals surface area contributed by atoms with Crippen molar-refractivity contribution in [3.05, 3.63) is 44.5 Å². The van der Waals surface area contributed by atoms with E-state index in [0.29, 0.717) is 29.7 Å². The Balaban J connectivity index is 1.68. The number of H-pyrrole nitrogens is 1. The molecule has 1 saturated carbocycles. The van der Waals surface area contributed by atoms with Crippen molar-refractivity contribution in [1.82, 2.24) is 14.9 Å². The van der Waals surface area contributed by atoms with E-state index in [2.05, 4.69) is 10.3 Å². The minimum absolute atomic E-state index is 0.150. The summed E-state index contributed by atoms with van der Waals surface area (Å²) in [6.45, 7) is 2.88. The molecule has 1 aliphatic carbocycles. The fourth-order valence-corrected chi connectivity index (χ4v) is 3.73. The predicted molar refractivity (Wildman–Crippen MR) is 98.0 cm³/mol. The van der Waals surface area contributed by atoms with Gasteiger partial charge in [0.1, 0.15) is 0 Å². The summed E-state index contributed by atoms with van der Waals surface area (Å²) in [6.07, 6.45) is 7.50. The molecule has 134 valence electrons.